The lowest BCUT2D eigenvalue weighted by Crippen LogP contribution is -2.39. The van der Waals surface area contributed by atoms with E-state index in [1.807, 2.05) is 19.2 Å². The Morgan fingerprint density at radius 2 is 1.95 bits per heavy atom. The second-order valence-corrected chi connectivity index (χ2v) is 7.26. The quantitative estimate of drug-likeness (QED) is 0.849. The number of hydrogen-bond donors (Lipinski definition) is 1. The van der Waals surface area contributed by atoms with Crippen molar-refractivity contribution in [2.24, 2.45) is 17.1 Å². The molecule has 1 saturated heterocycles. The standard InChI is InChI=1S/C16H25N3S/c1-11-5-8-18-15(13(11)14(17)20)19-9-6-12(7-10-19)16(2,3)4/h5,8,12H,6-7,9-10H2,1-4H3,(H2,17,20). The number of aryl methyl sites for hydroxylation is 1. The van der Waals surface area contributed by atoms with Crippen molar-refractivity contribution >= 4 is 23.0 Å². The second kappa shape index (κ2) is 5.68. The van der Waals surface area contributed by atoms with E-state index in [2.05, 4.69) is 30.7 Å². The molecule has 4 heteroatoms. The number of thiocarbonyl (C=S) groups is 1. The van der Waals surface area contributed by atoms with Crippen LogP contribution in [-0.2, 0) is 0 Å². The number of nitrogens with zero attached hydrogens (tertiary/aromatic N) is 2. The fourth-order valence-electron chi connectivity index (χ4n) is 3.05. The van der Waals surface area contributed by atoms with E-state index in [4.69, 9.17) is 18.0 Å². The maximum absolute atomic E-state index is 5.88. The molecule has 20 heavy (non-hydrogen) atoms. The van der Waals surface area contributed by atoms with Gasteiger partial charge in [0.15, 0.2) is 0 Å². The van der Waals surface area contributed by atoms with Gasteiger partial charge in [-0.25, -0.2) is 4.98 Å². The van der Waals surface area contributed by atoms with Gasteiger partial charge < -0.3 is 10.6 Å². The van der Waals surface area contributed by atoms with Crippen LogP contribution in [0, 0.1) is 18.3 Å². The van der Waals surface area contributed by atoms with Crippen LogP contribution in [0.4, 0.5) is 5.82 Å². The third-order valence-corrected chi connectivity index (χ3v) is 4.61. The average molecular weight is 291 g/mol. The van der Waals surface area contributed by atoms with Gasteiger partial charge in [0.1, 0.15) is 10.8 Å². The van der Waals surface area contributed by atoms with Crippen LogP contribution in [0.25, 0.3) is 0 Å². The summed E-state index contributed by atoms with van der Waals surface area (Å²) in [6.07, 6.45) is 4.26. The summed E-state index contributed by atoms with van der Waals surface area (Å²) in [6.45, 7) is 11.1. The van der Waals surface area contributed by atoms with Crippen LogP contribution < -0.4 is 10.6 Å². The molecule has 0 unspecified atom stereocenters. The van der Waals surface area contributed by atoms with Gasteiger partial charge in [-0.3, -0.25) is 0 Å². The van der Waals surface area contributed by atoms with E-state index in [0.29, 0.717) is 10.4 Å². The highest BCUT2D eigenvalue weighted by Gasteiger charge is 2.30. The number of rotatable bonds is 2. The second-order valence-electron chi connectivity index (χ2n) is 6.82. The molecule has 0 spiro atoms. The Balaban J connectivity index is 2.19. The highest BCUT2D eigenvalue weighted by molar-refractivity contribution is 7.80. The number of nitrogens with two attached hydrogens (primary N) is 1. The molecule has 0 radical (unpaired) electrons. The summed E-state index contributed by atoms with van der Waals surface area (Å²) in [5.41, 5.74) is 8.32. The summed E-state index contributed by atoms with van der Waals surface area (Å²) in [7, 11) is 0. The molecule has 0 saturated carbocycles. The van der Waals surface area contributed by atoms with Gasteiger partial charge >= 0.3 is 0 Å². The van der Waals surface area contributed by atoms with Crippen LogP contribution in [0.1, 0.15) is 44.7 Å². The highest BCUT2D eigenvalue weighted by Crippen LogP contribution is 2.36. The van der Waals surface area contributed by atoms with Gasteiger partial charge in [0.25, 0.3) is 0 Å². The van der Waals surface area contributed by atoms with Crippen LogP contribution in [-0.4, -0.2) is 23.1 Å². The van der Waals surface area contributed by atoms with Crippen molar-refractivity contribution in [2.75, 3.05) is 18.0 Å². The van der Waals surface area contributed by atoms with Crippen LogP contribution >= 0.6 is 12.2 Å². The molecule has 1 aromatic rings. The van der Waals surface area contributed by atoms with Crippen LogP contribution in [0.15, 0.2) is 12.3 Å². The highest BCUT2D eigenvalue weighted by atomic mass is 32.1. The number of piperidine rings is 1. The first-order chi connectivity index (χ1) is 9.30. The molecule has 110 valence electrons. The molecule has 0 aliphatic carbocycles. The van der Waals surface area contributed by atoms with E-state index < -0.39 is 0 Å². The van der Waals surface area contributed by atoms with Gasteiger partial charge in [0.2, 0.25) is 0 Å². The van der Waals surface area contributed by atoms with Crippen LogP contribution in [0.3, 0.4) is 0 Å². The monoisotopic (exact) mass is 291 g/mol. The van der Waals surface area contributed by atoms with Gasteiger partial charge in [0.05, 0.1) is 5.56 Å². The number of pyridine rings is 1. The van der Waals surface area contributed by atoms with E-state index >= 15 is 0 Å². The molecule has 0 aromatic carbocycles. The van der Waals surface area contributed by atoms with Crippen molar-refractivity contribution in [1.82, 2.24) is 4.98 Å². The minimum absolute atomic E-state index is 0.387. The molecule has 1 aliphatic heterocycles. The summed E-state index contributed by atoms with van der Waals surface area (Å²) >= 11 is 5.20. The summed E-state index contributed by atoms with van der Waals surface area (Å²) in [6, 6.07) is 1.97. The SMILES string of the molecule is Cc1ccnc(N2CCC(C(C)(C)C)CC2)c1C(N)=S. The third kappa shape index (κ3) is 3.11. The van der Waals surface area contributed by atoms with E-state index in [-0.39, 0.29) is 0 Å². The normalized spacial score (nSPS) is 17.3. The Labute approximate surface area is 127 Å². The third-order valence-electron chi connectivity index (χ3n) is 4.40. The Kier molecular flexibility index (Phi) is 4.33. The van der Waals surface area contributed by atoms with Crippen molar-refractivity contribution in [3.63, 3.8) is 0 Å². The Morgan fingerprint density at radius 3 is 2.45 bits per heavy atom. The van der Waals surface area contributed by atoms with Gasteiger partial charge in [-0.2, -0.15) is 0 Å². The lowest BCUT2D eigenvalue weighted by atomic mass is 9.75. The zero-order valence-corrected chi connectivity index (χ0v) is 13.8. The molecular weight excluding hydrogens is 266 g/mol. The molecule has 0 amide bonds. The Hall–Kier alpha value is -1.16. The molecule has 1 aliphatic rings. The number of aromatic nitrogens is 1. The zero-order valence-electron chi connectivity index (χ0n) is 12.9. The lowest BCUT2D eigenvalue weighted by molar-refractivity contribution is 0.198. The van der Waals surface area contributed by atoms with Crippen molar-refractivity contribution in [2.45, 2.75) is 40.5 Å². The molecule has 0 bridgehead atoms. The van der Waals surface area contributed by atoms with Crippen molar-refractivity contribution in [3.05, 3.63) is 23.4 Å². The first kappa shape index (κ1) is 15.2. The number of hydrogen-bond acceptors (Lipinski definition) is 3. The molecule has 2 N–H and O–H groups in total. The minimum atomic E-state index is 0.387. The van der Waals surface area contributed by atoms with Gasteiger partial charge in [-0.05, 0) is 42.7 Å². The zero-order chi connectivity index (χ0) is 14.9. The van der Waals surface area contributed by atoms with Crippen LogP contribution in [0.2, 0.25) is 0 Å². The van der Waals surface area contributed by atoms with E-state index in [1.54, 1.807) is 0 Å². The van der Waals surface area contributed by atoms with Gasteiger partial charge in [-0.15, -0.1) is 0 Å². The predicted molar refractivity (Wildman–Crippen MR) is 89.3 cm³/mol. The van der Waals surface area contributed by atoms with E-state index in [1.165, 1.54) is 12.8 Å². The van der Waals surface area contributed by atoms with Crippen molar-refractivity contribution in [1.29, 1.82) is 0 Å². The molecular formula is C16H25N3S. The molecule has 3 nitrogen and oxygen atoms in total. The molecule has 1 fully saturated rings. The smallest absolute Gasteiger partial charge is 0.139 e. The minimum Gasteiger partial charge on any atom is -0.389 e. The molecule has 0 atom stereocenters. The lowest BCUT2D eigenvalue weighted by Gasteiger charge is -2.39. The first-order valence-electron chi connectivity index (χ1n) is 7.31. The molecule has 2 rings (SSSR count). The van der Waals surface area contributed by atoms with Gasteiger partial charge in [-0.1, -0.05) is 33.0 Å². The predicted octanol–water partition coefficient (Wildman–Crippen LogP) is 3.29. The maximum Gasteiger partial charge on any atom is 0.139 e. The van der Waals surface area contributed by atoms with Crippen molar-refractivity contribution < 1.29 is 0 Å². The maximum atomic E-state index is 5.88. The number of anilines is 1. The first-order valence-corrected chi connectivity index (χ1v) is 7.72. The van der Waals surface area contributed by atoms with Crippen LogP contribution in [0.5, 0.6) is 0 Å². The topological polar surface area (TPSA) is 42.2 Å². The molecule has 1 aromatic heterocycles. The Morgan fingerprint density at radius 1 is 1.35 bits per heavy atom. The largest absolute Gasteiger partial charge is 0.389 e. The average Bonchev–Trinajstić information content (AvgIpc) is 2.37. The summed E-state index contributed by atoms with van der Waals surface area (Å²) in [5, 5.41) is 0. The van der Waals surface area contributed by atoms with Gasteiger partial charge in [0, 0.05) is 19.3 Å². The Bertz CT molecular complexity index is 497. The fraction of sp³-hybridized carbons (Fsp3) is 0.625. The molecule has 2 heterocycles. The van der Waals surface area contributed by atoms with Crippen molar-refractivity contribution in [3.8, 4) is 0 Å². The summed E-state index contributed by atoms with van der Waals surface area (Å²) in [5.74, 6) is 1.74. The fourth-order valence-corrected chi connectivity index (χ4v) is 3.30. The summed E-state index contributed by atoms with van der Waals surface area (Å²) in [4.78, 5) is 7.31. The van der Waals surface area contributed by atoms with E-state index in [9.17, 15) is 0 Å². The van der Waals surface area contributed by atoms with E-state index in [0.717, 1.165) is 36.0 Å². The summed E-state index contributed by atoms with van der Waals surface area (Å²) < 4.78 is 0.